The van der Waals surface area contributed by atoms with Crippen molar-refractivity contribution in [2.75, 3.05) is 13.1 Å². The van der Waals surface area contributed by atoms with E-state index in [2.05, 4.69) is 31.2 Å². The van der Waals surface area contributed by atoms with Crippen LogP contribution >= 0.6 is 0 Å². The third-order valence-electron chi connectivity index (χ3n) is 5.50. The molecule has 0 atom stereocenters. The van der Waals surface area contributed by atoms with Gasteiger partial charge in [-0.3, -0.25) is 19.2 Å². The summed E-state index contributed by atoms with van der Waals surface area (Å²) < 4.78 is 0. The monoisotopic (exact) mass is 510 g/mol. The summed E-state index contributed by atoms with van der Waals surface area (Å²) >= 11 is 0. The molecule has 0 unspecified atom stereocenters. The van der Waals surface area contributed by atoms with Gasteiger partial charge in [-0.15, -0.1) is 0 Å². The largest absolute Gasteiger partial charge is 0.347 e. The minimum absolute atomic E-state index is 0.134. The summed E-state index contributed by atoms with van der Waals surface area (Å²) in [4.78, 5) is 58.3. The highest BCUT2D eigenvalue weighted by Gasteiger charge is 2.13. The molecule has 0 saturated carbocycles. The molecular formula is C28H26N6O4. The average Bonchev–Trinajstić information content (AvgIpc) is 2.96. The first-order chi connectivity index (χ1) is 18.5. The van der Waals surface area contributed by atoms with Crippen LogP contribution in [0.1, 0.15) is 53.1 Å². The van der Waals surface area contributed by atoms with Crippen molar-refractivity contribution in [3.63, 3.8) is 0 Å². The molecule has 2 aromatic heterocycles. The molecule has 0 fully saturated rings. The zero-order valence-electron chi connectivity index (χ0n) is 20.4. The minimum atomic E-state index is -0.403. The van der Waals surface area contributed by atoms with E-state index in [4.69, 9.17) is 0 Å². The molecule has 1 aromatic carbocycles. The highest BCUT2D eigenvalue weighted by Crippen LogP contribution is 2.07. The lowest BCUT2D eigenvalue weighted by Crippen LogP contribution is -2.28. The number of hydrogen-bond acceptors (Lipinski definition) is 6. The molecule has 2 aliphatic heterocycles. The number of carbonyl (C=O) groups excluding carboxylic acids is 4. The minimum Gasteiger partial charge on any atom is -0.347 e. The van der Waals surface area contributed by atoms with Crippen LogP contribution in [-0.2, 0) is 13.1 Å². The molecule has 0 saturated heterocycles. The van der Waals surface area contributed by atoms with E-state index >= 15 is 0 Å². The zero-order valence-corrected chi connectivity index (χ0v) is 20.4. The Hall–Kier alpha value is -5.12. The third kappa shape index (κ3) is 7.20. The topological polar surface area (TPSA) is 142 Å². The van der Waals surface area contributed by atoms with Crippen LogP contribution in [0.5, 0.6) is 0 Å². The molecule has 10 nitrogen and oxygen atoms in total. The molecule has 2 aliphatic rings. The number of nitrogens with zero attached hydrogens (tertiary/aromatic N) is 2. The maximum Gasteiger partial charge on any atom is 0.270 e. The maximum absolute atomic E-state index is 12.6. The molecular weight excluding hydrogens is 484 g/mol. The van der Waals surface area contributed by atoms with Gasteiger partial charge in [0.25, 0.3) is 23.6 Å². The number of pyridine rings is 2. The highest BCUT2D eigenvalue weighted by atomic mass is 16.2. The smallest absolute Gasteiger partial charge is 0.270 e. The molecule has 0 spiro atoms. The van der Waals surface area contributed by atoms with Gasteiger partial charge in [-0.2, -0.15) is 0 Å². The standard InChI is InChI=1S/C28H26N6O4/c35-25-21-7-5-9-23(33-21)27(37)31-17-19-11-13-20(14-12-19)18-32-28(38)24-10-6-8-22(34-24)26(36)30-16-4-2-1-3-15-29-25/h1-14H,15-18H2,(H,29,35)(H,30,36)(H,31,37)(H,32,38)/b3-1+,4-2+. The van der Waals surface area contributed by atoms with Gasteiger partial charge in [0.05, 0.1) is 0 Å². The van der Waals surface area contributed by atoms with Crippen LogP contribution in [0.3, 0.4) is 0 Å². The van der Waals surface area contributed by atoms with Gasteiger partial charge in [0.2, 0.25) is 0 Å². The van der Waals surface area contributed by atoms with Crippen molar-refractivity contribution in [2.45, 2.75) is 13.1 Å². The summed E-state index contributed by atoms with van der Waals surface area (Å²) in [5.41, 5.74) is 2.24. The number of amides is 4. The van der Waals surface area contributed by atoms with Gasteiger partial charge < -0.3 is 21.3 Å². The van der Waals surface area contributed by atoms with E-state index < -0.39 is 23.6 Å². The first-order valence-electron chi connectivity index (χ1n) is 12.0. The molecule has 5 rings (SSSR count). The number of fused-ring (bicyclic) bond motifs is 13. The van der Waals surface area contributed by atoms with Crippen molar-refractivity contribution in [2.24, 2.45) is 0 Å². The summed E-state index contributed by atoms with van der Waals surface area (Å²) in [5.74, 6) is -1.60. The van der Waals surface area contributed by atoms with E-state index in [0.29, 0.717) is 0 Å². The molecule has 0 radical (unpaired) electrons. The van der Waals surface area contributed by atoms with Gasteiger partial charge in [-0.1, -0.05) is 60.7 Å². The molecule has 4 N–H and O–H groups in total. The molecule has 4 heterocycles. The van der Waals surface area contributed by atoms with Crippen LogP contribution in [0.25, 0.3) is 0 Å². The van der Waals surface area contributed by atoms with E-state index in [1.165, 1.54) is 12.1 Å². The molecule has 10 heteroatoms. The Balaban J connectivity index is 1.50. The first kappa shape index (κ1) is 26.0. The van der Waals surface area contributed by atoms with Gasteiger partial charge in [0, 0.05) is 26.2 Å². The summed E-state index contributed by atoms with van der Waals surface area (Å²) in [6.07, 6.45) is 6.91. The van der Waals surface area contributed by atoms with E-state index in [1.807, 2.05) is 24.3 Å². The van der Waals surface area contributed by atoms with E-state index in [-0.39, 0.29) is 49.0 Å². The molecule has 3 aromatic rings. The molecule has 0 aliphatic carbocycles. The van der Waals surface area contributed by atoms with Gasteiger partial charge in [-0.05, 0) is 35.4 Å². The van der Waals surface area contributed by atoms with Gasteiger partial charge in [0.15, 0.2) is 0 Å². The van der Waals surface area contributed by atoms with Crippen LogP contribution in [0, 0.1) is 0 Å². The van der Waals surface area contributed by atoms with Crippen LogP contribution < -0.4 is 21.3 Å². The summed E-state index contributed by atoms with van der Waals surface area (Å²) in [6, 6.07) is 16.7. The number of rotatable bonds is 0. The van der Waals surface area contributed by atoms with Crippen molar-refractivity contribution in [1.29, 1.82) is 0 Å². The Morgan fingerprint density at radius 2 is 0.816 bits per heavy atom. The second-order valence-electron chi connectivity index (χ2n) is 8.27. The number of carbonyl (C=O) groups is 4. The molecule has 4 amide bonds. The number of nitrogens with one attached hydrogen (secondary N) is 4. The van der Waals surface area contributed by atoms with Crippen molar-refractivity contribution in [1.82, 2.24) is 31.2 Å². The van der Waals surface area contributed by atoms with Crippen molar-refractivity contribution >= 4 is 23.6 Å². The average molecular weight is 511 g/mol. The fourth-order valence-electron chi connectivity index (χ4n) is 3.47. The van der Waals surface area contributed by atoms with Crippen LogP contribution in [0.4, 0.5) is 0 Å². The Bertz CT molecular complexity index is 1290. The SMILES string of the molecule is O=C1NC/C=C/C=C/CNC(=O)c2cccc(n2)C(=O)NCc2ccc(cc2)CNC(=O)c2cccc1n2. The summed E-state index contributed by atoms with van der Waals surface area (Å²) in [7, 11) is 0. The van der Waals surface area contributed by atoms with Crippen LogP contribution in [0.15, 0.2) is 85.0 Å². The fraction of sp³-hybridized carbons (Fsp3) is 0.143. The van der Waals surface area contributed by atoms with Crippen molar-refractivity contribution in [3.8, 4) is 0 Å². The lowest BCUT2D eigenvalue weighted by molar-refractivity contribution is 0.0928. The number of allylic oxidation sites excluding steroid dienone is 2. The van der Waals surface area contributed by atoms with E-state index in [9.17, 15) is 19.2 Å². The van der Waals surface area contributed by atoms with E-state index in [1.54, 1.807) is 48.6 Å². The molecule has 6 bridgehead atoms. The zero-order chi connectivity index (χ0) is 26.7. The number of hydrogen-bond donors (Lipinski definition) is 4. The van der Waals surface area contributed by atoms with Gasteiger partial charge in [0.1, 0.15) is 22.8 Å². The predicted octanol–water partition coefficient (Wildman–Crippen LogP) is 1.92. The Labute approximate surface area is 219 Å². The van der Waals surface area contributed by atoms with Crippen LogP contribution in [-0.4, -0.2) is 46.7 Å². The lowest BCUT2D eigenvalue weighted by atomic mass is 10.1. The molecule has 192 valence electrons. The maximum atomic E-state index is 12.6. The number of aromatic nitrogens is 2. The predicted molar refractivity (Wildman–Crippen MR) is 140 cm³/mol. The first-order valence-corrected chi connectivity index (χ1v) is 12.0. The fourth-order valence-corrected chi connectivity index (χ4v) is 3.47. The van der Waals surface area contributed by atoms with Gasteiger partial charge >= 0.3 is 0 Å². The molecule has 38 heavy (non-hydrogen) atoms. The normalized spacial score (nSPS) is 16.9. The Morgan fingerprint density at radius 1 is 0.474 bits per heavy atom. The second-order valence-corrected chi connectivity index (χ2v) is 8.27. The van der Waals surface area contributed by atoms with Gasteiger partial charge in [-0.25, -0.2) is 9.97 Å². The Kier molecular flexibility index (Phi) is 8.69. The van der Waals surface area contributed by atoms with Crippen molar-refractivity contribution < 1.29 is 19.2 Å². The van der Waals surface area contributed by atoms with Crippen LogP contribution in [0.2, 0.25) is 0 Å². The summed E-state index contributed by atoms with van der Waals surface area (Å²) in [6.45, 7) is 1.03. The lowest BCUT2D eigenvalue weighted by Gasteiger charge is -2.09. The highest BCUT2D eigenvalue weighted by molar-refractivity contribution is 5.97. The number of benzene rings is 1. The van der Waals surface area contributed by atoms with E-state index in [0.717, 1.165) is 11.1 Å². The van der Waals surface area contributed by atoms with Crippen molar-refractivity contribution in [3.05, 3.63) is 119 Å². The summed E-state index contributed by atoms with van der Waals surface area (Å²) in [5, 5.41) is 11.0. The quantitative estimate of drug-likeness (QED) is 0.364. The Morgan fingerprint density at radius 3 is 1.18 bits per heavy atom. The third-order valence-corrected chi connectivity index (χ3v) is 5.50. The second kappa shape index (κ2) is 12.7.